The van der Waals surface area contributed by atoms with E-state index in [1.807, 2.05) is 13.8 Å². The maximum absolute atomic E-state index is 8.78. The van der Waals surface area contributed by atoms with Gasteiger partial charge in [0.1, 0.15) is 5.82 Å². The number of hydrogen-bond donors (Lipinski definition) is 0. The number of aryl methyl sites for hydroxylation is 1. The summed E-state index contributed by atoms with van der Waals surface area (Å²) in [7, 11) is 0. The third-order valence-corrected chi connectivity index (χ3v) is 2.25. The Morgan fingerprint density at radius 3 is 2.67 bits per heavy atom. The summed E-state index contributed by atoms with van der Waals surface area (Å²) < 4.78 is 0. The maximum atomic E-state index is 8.78. The van der Waals surface area contributed by atoms with E-state index in [2.05, 4.69) is 27.9 Å². The van der Waals surface area contributed by atoms with Gasteiger partial charge in [0.25, 0.3) is 0 Å². The van der Waals surface area contributed by atoms with Crippen molar-refractivity contribution in [2.45, 2.75) is 20.8 Å². The fraction of sp³-hybridized carbons (Fsp3) is 0.545. The van der Waals surface area contributed by atoms with Crippen molar-refractivity contribution in [2.24, 2.45) is 5.92 Å². The number of rotatable bonds is 4. The minimum absolute atomic E-state index is 0.00589. The second kappa shape index (κ2) is 5.30. The van der Waals surface area contributed by atoms with Crippen LogP contribution in [0.25, 0.3) is 0 Å². The Bertz CT molecular complexity index is 356. The van der Waals surface area contributed by atoms with Crippen LogP contribution in [0.2, 0.25) is 0 Å². The van der Waals surface area contributed by atoms with Crippen molar-refractivity contribution in [1.29, 1.82) is 5.26 Å². The van der Waals surface area contributed by atoms with E-state index >= 15 is 0 Å². The van der Waals surface area contributed by atoms with Crippen LogP contribution in [0.15, 0.2) is 12.4 Å². The first-order valence-electron chi connectivity index (χ1n) is 5.11. The number of nitrogens with zero attached hydrogens (tertiary/aromatic N) is 4. The molecule has 0 bridgehead atoms. The van der Waals surface area contributed by atoms with Crippen LogP contribution in [0.3, 0.4) is 0 Å². The molecule has 0 aliphatic heterocycles. The predicted octanol–water partition coefficient (Wildman–Crippen LogP) is 1.77. The Morgan fingerprint density at radius 1 is 1.47 bits per heavy atom. The summed E-state index contributed by atoms with van der Waals surface area (Å²) in [4.78, 5) is 10.6. The van der Waals surface area contributed by atoms with E-state index in [1.54, 1.807) is 12.4 Å². The smallest absolute Gasteiger partial charge is 0.150 e. The number of hydrogen-bond acceptors (Lipinski definition) is 4. The van der Waals surface area contributed by atoms with Crippen molar-refractivity contribution >= 4 is 5.82 Å². The highest BCUT2D eigenvalue weighted by Crippen LogP contribution is 2.14. The van der Waals surface area contributed by atoms with Gasteiger partial charge in [0.2, 0.25) is 0 Å². The first-order valence-corrected chi connectivity index (χ1v) is 5.11. The lowest BCUT2D eigenvalue weighted by Crippen LogP contribution is -2.29. The topological polar surface area (TPSA) is 52.8 Å². The number of anilines is 1. The van der Waals surface area contributed by atoms with Gasteiger partial charge in [-0.1, -0.05) is 0 Å². The lowest BCUT2D eigenvalue weighted by Gasteiger charge is -2.23. The summed E-state index contributed by atoms with van der Waals surface area (Å²) in [5.74, 6) is 0.883. The average molecular weight is 204 g/mol. The number of nitriles is 1. The van der Waals surface area contributed by atoms with E-state index in [1.165, 1.54) is 0 Å². The normalized spacial score (nSPS) is 11.9. The maximum Gasteiger partial charge on any atom is 0.150 e. The van der Waals surface area contributed by atoms with Crippen molar-refractivity contribution in [1.82, 2.24) is 9.97 Å². The molecule has 1 atom stereocenters. The van der Waals surface area contributed by atoms with E-state index in [9.17, 15) is 0 Å². The Hall–Kier alpha value is -1.63. The Labute approximate surface area is 90.6 Å². The fourth-order valence-corrected chi connectivity index (χ4v) is 1.45. The highest BCUT2D eigenvalue weighted by atomic mass is 15.2. The Balaban J connectivity index is 2.84. The van der Waals surface area contributed by atoms with Crippen LogP contribution in [0.4, 0.5) is 5.82 Å². The minimum atomic E-state index is 0.00589. The number of aromatic nitrogens is 2. The first-order chi connectivity index (χ1) is 7.19. The van der Waals surface area contributed by atoms with Gasteiger partial charge in [-0.3, -0.25) is 4.98 Å². The third-order valence-electron chi connectivity index (χ3n) is 2.25. The molecule has 1 heterocycles. The Kier molecular flexibility index (Phi) is 4.04. The van der Waals surface area contributed by atoms with Crippen LogP contribution >= 0.6 is 0 Å². The van der Waals surface area contributed by atoms with Crippen molar-refractivity contribution < 1.29 is 0 Å². The highest BCUT2D eigenvalue weighted by molar-refractivity contribution is 5.42. The van der Waals surface area contributed by atoms with E-state index in [-0.39, 0.29) is 5.92 Å². The zero-order valence-electron chi connectivity index (χ0n) is 9.44. The fourth-order valence-electron chi connectivity index (χ4n) is 1.45. The average Bonchev–Trinajstić information content (AvgIpc) is 2.26. The molecule has 0 fully saturated rings. The van der Waals surface area contributed by atoms with Crippen LogP contribution in [0.5, 0.6) is 0 Å². The van der Waals surface area contributed by atoms with Gasteiger partial charge in [-0.15, -0.1) is 0 Å². The van der Waals surface area contributed by atoms with Crippen LogP contribution in [-0.2, 0) is 0 Å². The second-order valence-electron chi connectivity index (χ2n) is 3.53. The first kappa shape index (κ1) is 11.4. The van der Waals surface area contributed by atoms with Gasteiger partial charge in [-0.2, -0.15) is 5.26 Å². The van der Waals surface area contributed by atoms with Crippen LogP contribution < -0.4 is 4.90 Å². The van der Waals surface area contributed by atoms with E-state index < -0.39 is 0 Å². The molecule has 0 spiro atoms. The molecule has 1 aromatic rings. The molecule has 0 aliphatic carbocycles. The second-order valence-corrected chi connectivity index (χ2v) is 3.53. The van der Waals surface area contributed by atoms with Gasteiger partial charge in [0.05, 0.1) is 17.7 Å². The van der Waals surface area contributed by atoms with Gasteiger partial charge >= 0.3 is 0 Å². The lowest BCUT2D eigenvalue weighted by atomic mass is 10.2. The van der Waals surface area contributed by atoms with E-state index in [0.717, 1.165) is 18.1 Å². The predicted molar refractivity (Wildman–Crippen MR) is 59.4 cm³/mol. The summed E-state index contributed by atoms with van der Waals surface area (Å²) >= 11 is 0. The van der Waals surface area contributed by atoms with Crippen molar-refractivity contribution in [2.75, 3.05) is 18.0 Å². The standard InChI is InChI=1S/C11H16N4/c1-4-15(8-9(2)7-12)11-10(3)13-5-6-14-11/h5-6,9H,4,8H2,1-3H3. The quantitative estimate of drug-likeness (QED) is 0.750. The van der Waals surface area contributed by atoms with Crippen molar-refractivity contribution in [3.8, 4) is 6.07 Å². The largest absolute Gasteiger partial charge is 0.354 e. The molecule has 4 nitrogen and oxygen atoms in total. The van der Waals surface area contributed by atoms with Gasteiger partial charge in [0.15, 0.2) is 0 Å². The third kappa shape index (κ3) is 2.91. The molecule has 0 aromatic carbocycles. The molecule has 1 unspecified atom stereocenters. The zero-order valence-corrected chi connectivity index (χ0v) is 9.44. The molecule has 1 rings (SSSR count). The van der Waals surface area contributed by atoms with Gasteiger partial charge in [-0.05, 0) is 20.8 Å². The van der Waals surface area contributed by atoms with Gasteiger partial charge in [0, 0.05) is 25.5 Å². The van der Waals surface area contributed by atoms with Crippen LogP contribution in [0.1, 0.15) is 19.5 Å². The minimum Gasteiger partial charge on any atom is -0.354 e. The van der Waals surface area contributed by atoms with Gasteiger partial charge in [-0.25, -0.2) is 4.98 Å². The molecule has 0 N–H and O–H groups in total. The molecule has 0 saturated carbocycles. The summed E-state index contributed by atoms with van der Waals surface area (Å²) in [6.07, 6.45) is 3.36. The molecule has 1 aromatic heterocycles. The summed E-state index contributed by atoms with van der Waals surface area (Å²) in [5.41, 5.74) is 0.907. The van der Waals surface area contributed by atoms with Crippen LogP contribution in [0, 0.1) is 24.2 Å². The summed E-state index contributed by atoms with van der Waals surface area (Å²) in [5, 5.41) is 8.78. The lowest BCUT2D eigenvalue weighted by molar-refractivity contribution is 0.676. The van der Waals surface area contributed by atoms with E-state index in [0.29, 0.717) is 6.54 Å². The monoisotopic (exact) mass is 204 g/mol. The van der Waals surface area contributed by atoms with Gasteiger partial charge < -0.3 is 4.90 Å². The molecule has 0 radical (unpaired) electrons. The molecular formula is C11H16N4. The summed E-state index contributed by atoms with van der Waals surface area (Å²) in [6, 6.07) is 2.23. The molecule has 0 saturated heterocycles. The molecule has 0 amide bonds. The molecule has 80 valence electrons. The SMILES string of the molecule is CCN(CC(C)C#N)c1nccnc1C. The Morgan fingerprint density at radius 2 is 2.13 bits per heavy atom. The van der Waals surface area contributed by atoms with Crippen molar-refractivity contribution in [3.63, 3.8) is 0 Å². The van der Waals surface area contributed by atoms with E-state index in [4.69, 9.17) is 5.26 Å². The molecular weight excluding hydrogens is 188 g/mol. The zero-order chi connectivity index (χ0) is 11.3. The highest BCUT2D eigenvalue weighted by Gasteiger charge is 2.12. The van der Waals surface area contributed by atoms with Crippen molar-refractivity contribution in [3.05, 3.63) is 18.1 Å². The summed E-state index contributed by atoms with van der Waals surface area (Å²) in [6.45, 7) is 7.44. The molecule has 4 heteroatoms. The molecule has 0 aliphatic rings. The molecule has 15 heavy (non-hydrogen) atoms. The van der Waals surface area contributed by atoms with Crippen LogP contribution in [-0.4, -0.2) is 23.1 Å².